The van der Waals surface area contributed by atoms with Crippen LogP contribution in [0.5, 0.6) is 17.2 Å². The van der Waals surface area contributed by atoms with E-state index in [1.807, 2.05) is 18.2 Å². The number of rotatable bonds is 26. The largest absolute Gasteiger partial charge is 0.489 e. The van der Waals surface area contributed by atoms with Crippen LogP contribution in [-0.2, 0) is 0 Å². The third-order valence-electron chi connectivity index (χ3n) is 8.82. The normalized spacial score (nSPS) is 13.3. The zero-order valence-electron chi connectivity index (χ0n) is 34.7. The van der Waals surface area contributed by atoms with Crippen molar-refractivity contribution in [2.75, 3.05) is 19.8 Å². The summed E-state index contributed by atoms with van der Waals surface area (Å²) in [6, 6.07) is 5.92. The maximum absolute atomic E-state index is 6.22. The smallest absolute Gasteiger partial charge is 0.127 e. The van der Waals surface area contributed by atoms with Gasteiger partial charge in [-0.3, -0.25) is 0 Å². The second-order valence-corrected chi connectivity index (χ2v) is 14.9. The first kappa shape index (κ1) is 45.6. The number of allylic oxidation sites excluding steroid dienone is 13. The van der Waals surface area contributed by atoms with Gasteiger partial charge in [0.1, 0.15) is 37.1 Å². The highest BCUT2D eigenvalue weighted by Gasteiger charge is 2.05. The van der Waals surface area contributed by atoms with Gasteiger partial charge in [-0.05, 0) is 158 Å². The molecule has 3 nitrogen and oxygen atoms in total. The molecule has 0 N–H and O–H groups in total. The van der Waals surface area contributed by atoms with Crippen molar-refractivity contribution in [3.05, 3.63) is 111 Å². The van der Waals surface area contributed by atoms with E-state index in [1.165, 1.54) is 57.4 Å². The molecule has 0 aliphatic rings. The molecule has 0 spiro atoms. The lowest BCUT2D eigenvalue weighted by molar-refractivity contribution is 0.326. The Kier molecular flexibility index (Phi) is 25.2. The quantitative estimate of drug-likeness (QED) is 0.0902. The highest BCUT2D eigenvalue weighted by molar-refractivity contribution is 5.42. The fourth-order valence-corrected chi connectivity index (χ4v) is 5.46. The Hall–Kier alpha value is -3.46. The van der Waals surface area contributed by atoms with E-state index < -0.39 is 0 Å². The summed E-state index contributed by atoms with van der Waals surface area (Å²) >= 11 is 0. The van der Waals surface area contributed by atoms with E-state index >= 15 is 0 Å². The number of benzene rings is 1. The molecule has 1 rings (SSSR count). The molecule has 1 aromatic rings. The van der Waals surface area contributed by atoms with Crippen molar-refractivity contribution < 1.29 is 14.2 Å². The van der Waals surface area contributed by atoms with Crippen molar-refractivity contribution in [3.8, 4) is 17.2 Å². The van der Waals surface area contributed by atoms with Crippen LogP contribution < -0.4 is 14.2 Å². The summed E-state index contributed by atoms with van der Waals surface area (Å²) in [5.74, 6) is 2.27. The molecule has 0 heterocycles. The minimum absolute atomic E-state index is 0.516. The van der Waals surface area contributed by atoms with Crippen molar-refractivity contribution in [1.82, 2.24) is 0 Å². The highest BCUT2D eigenvalue weighted by Crippen LogP contribution is 2.28. The Labute approximate surface area is 315 Å². The molecular weight excluding hydrogens is 625 g/mol. The first-order valence-electron chi connectivity index (χ1n) is 19.6. The van der Waals surface area contributed by atoms with E-state index in [4.69, 9.17) is 14.2 Å². The van der Waals surface area contributed by atoms with Gasteiger partial charge >= 0.3 is 0 Å². The molecule has 0 saturated heterocycles. The van der Waals surface area contributed by atoms with Gasteiger partial charge in [0.05, 0.1) is 0 Å². The van der Waals surface area contributed by atoms with Crippen molar-refractivity contribution in [2.24, 2.45) is 0 Å². The van der Waals surface area contributed by atoms with Crippen molar-refractivity contribution in [3.63, 3.8) is 0 Å². The van der Waals surface area contributed by atoms with Crippen molar-refractivity contribution in [2.45, 2.75) is 153 Å². The van der Waals surface area contributed by atoms with Gasteiger partial charge in [0.25, 0.3) is 0 Å². The second-order valence-electron chi connectivity index (χ2n) is 14.9. The molecule has 0 amide bonds. The van der Waals surface area contributed by atoms with E-state index in [1.54, 1.807) is 0 Å². The van der Waals surface area contributed by atoms with E-state index in [0.717, 1.165) is 81.5 Å². The van der Waals surface area contributed by atoms with Crippen LogP contribution >= 0.6 is 0 Å². The summed E-state index contributed by atoms with van der Waals surface area (Å²) in [4.78, 5) is 0. The average Bonchev–Trinajstić information content (AvgIpc) is 3.04. The van der Waals surface area contributed by atoms with Gasteiger partial charge in [-0.25, -0.2) is 0 Å². The summed E-state index contributed by atoms with van der Waals surface area (Å²) in [5, 5.41) is 0. The fraction of sp³-hybridized carbons (Fsp3) is 0.542. The van der Waals surface area contributed by atoms with Gasteiger partial charge in [-0.15, -0.1) is 0 Å². The molecule has 0 bridgehead atoms. The summed E-state index contributed by atoms with van der Waals surface area (Å²) in [6.45, 7) is 25.7. The SMILES string of the molecule is CCC/C(C)=C/CC/C(C)=C/COc1cc(OC/C=C(\C)CC/C=C(\C)CCC=C(C)C)cc(OC/C=C(\C)CC/C=C(\C)CCC=C(C)C)c1. The summed E-state index contributed by atoms with van der Waals surface area (Å²) in [6.07, 6.45) is 31.5. The summed E-state index contributed by atoms with van der Waals surface area (Å²) in [5.41, 5.74) is 11.2. The number of hydrogen-bond donors (Lipinski definition) is 0. The molecule has 1 aromatic carbocycles. The van der Waals surface area contributed by atoms with Crippen molar-refractivity contribution in [1.29, 1.82) is 0 Å². The van der Waals surface area contributed by atoms with Crippen LogP contribution in [0.1, 0.15) is 153 Å². The number of ether oxygens (including phenoxy) is 3. The molecule has 0 radical (unpaired) electrons. The molecular formula is C48H74O3. The Bertz CT molecular complexity index is 1300. The predicted octanol–water partition coefficient (Wildman–Crippen LogP) is 15.1. The lowest BCUT2D eigenvalue weighted by atomic mass is 10.1. The zero-order chi connectivity index (χ0) is 37.9. The van der Waals surface area contributed by atoms with Crippen LogP contribution in [0, 0.1) is 0 Å². The van der Waals surface area contributed by atoms with Gasteiger partial charge in [-0.1, -0.05) is 88.3 Å². The molecule has 0 unspecified atom stereocenters. The van der Waals surface area contributed by atoms with Gasteiger partial charge in [-0.2, -0.15) is 0 Å². The van der Waals surface area contributed by atoms with Gasteiger partial charge in [0, 0.05) is 18.2 Å². The molecule has 0 fully saturated rings. The molecule has 0 saturated carbocycles. The van der Waals surface area contributed by atoms with E-state index in [-0.39, 0.29) is 0 Å². The maximum Gasteiger partial charge on any atom is 0.127 e. The Morgan fingerprint density at radius 3 is 0.902 bits per heavy atom. The minimum Gasteiger partial charge on any atom is -0.489 e. The standard InChI is InChI=1S/C48H74O3/c1-12-18-40(6)23-15-26-43(9)29-32-49-46-35-47(50-33-30-44(10)27-16-24-41(7)21-13-19-38(2)3)37-48(36-46)51-34-31-45(11)28-17-25-42(8)22-14-20-39(4)5/h19-20,23-25,29-31,35-37H,12-18,21-22,26-28,32-34H2,1-11H3/b40-23+,41-24+,42-25+,43-29+,44-30+,45-31+. The van der Waals surface area contributed by atoms with E-state index in [0.29, 0.717) is 19.8 Å². The predicted molar refractivity (Wildman–Crippen MR) is 225 cm³/mol. The Morgan fingerprint density at radius 2 is 0.627 bits per heavy atom. The van der Waals surface area contributed by atoms with Gasteiger partial charge < -0.3 is 14.2 Å². The molecule has 0 aliphatic heterocycles. The first-order valence-corrected chi connectivity index (χ1v) is 19.6. The minimum atomic E-state index is 0.516. The van der Waals surface area contributed by atoms with Crippen LogP contribution in [-0.4, -0.2) is 19.8 Å². The third kappa shape index (κ3) is 26.0. The third-order valence-corrected chi connectivity index (χ3v) is 8.82. The Balaban J connectivity index is 2.85. The summed E-state index contributed by atoms with van der Waals surface area (Å²) in [7, 11) is 0. The van der Waals surface area contributed by atoms with Gasteiger partial charge in [0.2, 0.25) is 0 Å². The molecule has 284 valence electrons. The average molecular weight is 699 g/mol. The zero-order valence-corrected chi connectivity index (χ0v) is 34.7. The van der Waals surface area contributed by atoms with Crippen LogP contribution in [0.25, 0.3) is 0 Å². The summed E-state index contributed by atoms with van der Waals surface area (Å²) < 4.78 is 18.7. The van der Waals surface area contributed by atoms with E-state index in [9.17, 15) is 0 Å². The molecule has 0 atom stereocenters. The van der Waals surface area contributed by atoms with Crippen LogP contribution in [0.2, 0.25) is 0 Å². The van der Waals surface area contributed by atoms with Crippen molar-refractivity contribution >= 4 is 0 Å². The molecule has 0 aromatic heterocycles. The topological polar surface area (TPSA) is 27.7 Å². The van der Waals surface area contributed by atoms with E-state index in [2.05, 4.69) is 125 Å². The number of hydrogen-bond acceptors (Lipinski definition) is 3. The Morgan fingerprint density at radius 1 is 0.373 bits per heavy atom. The second kappa shape index (κ2) is 28.2. The van der Waals surface area contributed by atoms with Gasteiger partial charge in [0.15, 0.2) is 0 Å². The lowest BCUT2D eigenvalue weighted by Gasteiger charge is -2.12. The van der Waals surface area contributed by atoms with Crippen LogP contribution in [0.4, 0.5) is 0 Å². The maximum atomic E-state index is 6.22. The fourth-order valence-electron chi connectivity index (χ4n) is 5.46. The van der Waals surface area contributed by atoms with Crippen LogP contribution in [0.3, 0.4) is 0 Å². The molecule has 3 heteroatoms. The van der Waals surface area contributed by atoms with Crippen LogP contribution in [0.15, 0.2) is 111 Å². The lowest BCUT2D eigenvalue weighted by Crippen LogP contribution is -2.01. The highest BCUT2D eigenvalue weighted by atomic mass is 16.5. The molecule has 51 heavy (non-hydrogen) atoms. The molecule has 0 aliphatic carbocycles. The monoisotopic (exact) mass is 699 g/mol. The first-order chi connectivity index (χ1) is 24.4.